The number of carbonyl (C=O) groups is 1. The van der Waals surface area contributed by atoms with Crippen molar-refractivity contribution in [2.24, 2.45) is 0 Å². The maximum Gasteiger partial charge on any atom is 0.338 e. The molecule has 5 nitrogen and oxygen atoms in total. The van der Waals surface area contributed by atoms with E-state index in [4.69, 9.17) is 5.11 Å². The molecule has 70 valence electrons. The third kappa shape index (κ3) is 1.24. The second-order valence-electron chi connectivity index (χ2n) is 2.76. The van der Waals surface area contributed by atoms with Gasteiger partial charge < -0.3 is 10.2 Å². The number of aromatic nitrogens is 2. The van der Waals surface area contributed by atoms with Crippen molar-refractivity contribution >= 4 is 16.9 Å². The average Bonchev–Trinajstić information content (AvgIpc) is 2.16. The third-order valence-corrected chi connectivity index (χ3v) is 1.82. The number of phenolic OH excluding ortho intramolecular Hbond substituents is 1. The molecule has 1 aromatic heterocycles. The van der Waals surface area contributed by atoms with E-state index in [-0.39, 0.29) is 11.3 Å². The van der Waals surface area contributed by atoms with Crippen LogP contribution in [0.15, 0.2) is 24.7 Å². The van der Waals surface area contributed by atoms with Crippen LogP contribution in [0.1, 0.15) is 10.4 Å². The first-order valence-corrected chi connectivity index (χ1v) is 3.84. The summed E-state index contributed by atoms with van der Waals surface area (Å²) in [5.41, 5.74) is 0.299. The zero-order valence-corrected chi connectivity index (χ0v) is 7.01. The molecule has 0 radical (unpaired) electrons. The van der Waals surface area contributed by atoms with E-state index in [9.17, 15) is 9.90 Å². The number of carboxylic acids is 1. The van der Waals surface area contributed by atoms with Crippen LogP contribution in [0.4, 0.5) is 0 Å². The number of benzene rings is 1. The van der Waals surface area contributed by atoms with Crippen molar-refractivity contribution < 1.29 is 15.0 Å². The minimum atomic E-state index is -1.12. The number of hydrogen-bond donors (Lipinski definition) is 2. The summed E-state index contributed by atoms with van der Waals surface area (Å²) in [6, 6.07) is 2.58. The fourth-order valence-corrected chi connectivity index (χ4v) is 1.25. The van der Waals surface area contributed by atoms with Gasteiger partial charge in [-0.3, -0.25) is 0 Å². The lowest BCUT2D eigenvalue weighted by molar-refractivity contribution is 0.0698. The summed E-state index contributed by atoms with van der Waals surface area (Å²) in [4.78, 5) is 18.4. The van der Waals surface area contributed by atoms with Gasteiger partial charge in [0, 0.05) is 11.6 Å². The monoisotopic (exact) mass is 190 g/mol. The molecular formula is C9H6N2O3. The Morgan fingerprint density at radius 2 is 2.14 bits per heavy atom. The highest BCUT2D eigenvalue weighted by Crippen LogP contribution is 2.21. The third-order valence-electron chi connectivity index (χ3n) is 1.82. The van der Waals surface area contributed by atoms with Crippen LogP contribution >= 0.6 is 0 Å². The molecule has 0 aliphatic carbocycles. The van der Waals surface area contributed by atoms with Crippen LogP contribution in [0.3, 0.4) is 0 Å². The van der Waals surface area contributed by atoms with Gasteiger partial charge in [0.1, 0.15) is 12.1 Å². The van der Waals surface area contributed by atoms with Gasteiger partial charge in [-0.05, 0) is 12.1 Å². The maximum atomic E-state index is 10.8. The van der Waals surface area contributed by atoms with Gasteiger partial charge in [-0.2, -0.15) is 0 Å². The number of phenols is 1. The molecule has 0 unspecified atom stereocenters. The summed E-state index contributed by atoms with van der Waals surface area (Å²) < 4.78 is 0. The molecule has 0 spiro atoms. The van der Waals surface area contributed by atoms with Gasteiger partial charge >= 0.3 is 5.97 Å². The van der Waals surface area contributed by atoms with Gasteiger partial charge in [-0.15, -0.1) is 0 Å². The van der Waals surface area contributed by atoms with E-state index < -0.39 is 5.97 Å². The molecule has 0 fully saturated rings. The topological polar surface area (TPSA) is 83.3 Å². The largest absolute Gasteiger partial charge is 0.508 e. The van der Waals surface area contributed by atoms with Crippen molar-refractivity contribution in [1.82, 2.24) is 9.97 Å². The minimum Gasteiger partial charge on any atom is -0.508 e. The van der Waals surface area contributed by atoms with Crippen LogP contribution in [-0.4, -0.2) is 26.2 Å². The summed E-state index contributed by atoms with van der Waals surface area (Å²) in [7, 11) is 0. The van der Waals surface area contributed by atoms with E-state index >= 15 is 0 Å². The summed E-state index contributed by atoms with van der Waals surface area (Å²) >= 11 is 0. The molecule has 1 heterocycles. The lowest BCUT2D eigenvalue weighted by Gasteiger charge is -2.01. The van der Waals surface area contributed by atoms with Crippen molar-refractivity contribution in [3.8, 4) is 5.75 Å². The quantitative estimate of drug-likeness (QED) is 0.701. The molecule has 0 saturated heterocycles. The minimum absolute atomic E-state index is 0.0256. The Morgan fingerprint density at radius 3 is 2.86 bits per heavy atom. The fraction of sp³-hybridized carbons (Fsp3) is 0. The van der Waals surface area contributed by atoms with E-state index in [0.29, 0.717) is 10.9 Å². The zero-order chi connectivity index (χ0) is 10.1. The number of fused-ring (bicyclic) bond motifs is 1. The molecule has 0 aliphatic rings. The Morgan fingerprint density at radius 1 is 1.36 bits per heavy atom. The Labute approximate surface area is 78.7 Å². The zero-order valence-electron chi connectivity index (χ0n) is 7.01. The molecule has 0 aliphatic heterocycles. The second kappa shape index (κ2) is 2.95. The highest BCUT2D eigenvalue weighted by molar-refractivity contribution is 6.02. The van der Waals surface area contributed by atoms with Gasteiger partial charge in [0.15, 0.2) is 0 Å². The summed E-state index contributed by atoms with van der Waals surface area (Å²) in [5.74, 6) is -1.23. The van der Waals surface area contributed by atoms with Crippen molar-refractivity contribution in [1.29, 1.82) is 0 Å². The highest BCUT2D eigenvalue weighted by Gasteiger charge is 2.10. The fourth-order valence-electron chi connectivity index (χ4n) is 1.25. The van der Waals surface area contributed by atoms with Crippen LogP contribution in [0, 0.1) is 0 Å². The second-order valence-corrected chi connectivity index (χ2v) is 2.76. The predicted octanol–water partition coefficient (Wildman–Crippen LogP) is 1.03. The first-order valence-electron chi connectivity index (χ1n) is 3.84. The highest BCUT2D eigenvalue weighted by atomic mass is 16.4. The van der Waals surface area contributed by atoms with Crippen LogP contribution in [0.2, 0.25) is 0 Å². The van der Waals surface area contributed by atoms with Gasteiger partial charge in [0.25, 0.3) is 0 Å². The molecule has 2 aromatic rings. The normalized spacial score (nSPS) is 10.3. The number of hydrogen-bond acceptors (Lipinski definition) is 4. The predicted molar refractivity (Wildman–Crippen MR) is 48.2 cm³/mol. The smallest absolute Gasteiger partial charge is 0.338 e. The standard InChI is InChI=1S/C9H6N2O3/c12-6-1-5-3-10-4-11-8(5)7(2-6)9(13)14/h1-4,12H,(H,13,14). The Kier molecular flexibility index (Phi) is 1.78. The number of carboxylic acid groups (broad SMARTS) is 1. The molecule has 2 N–H and O–H groups in total. The maximum absolute atomic E-state index is 10.8. The van der Waals surface area contributed by atoms with Gasteiger partial charge in [0.05, 0.1) is 11.1 Å². The molecule has 0 saturated carbocycles. The first-order chi connectivity index (χ1) is 6.68. The molecule has 1 aromatic carbocycles. The van der Waals surface area contributed by atoms with Crippen molar-refractivity contribution in [3.63, 3.8) is 0 Å². The lowest BCUT2D eigenvalue weighted by atomic mass is 10.1. The van der Waals surface area contributed by atoms with Crippen molar-refractivity contribution in [3.05, 3.63) is 30.2 Å². The Bertz CT molecular complexity index is 510. The van der Waals surface area contributed by atoms with E-state index in [1.165, 1.54) is 18.6 Å². The van der Waals surface area contributed by atoms with E-state index in [1.807, 2.05) is 0 Å². The number of aromatic carboxylic acids is 1. The molecule has 0 atom stereocenters. The number of rotatable bonds is 1. The van der Waals surface area contributed by atoms with Gasteiger partial charge in [-0.25, -0.2) is 14.8 Å². The lowest BCUT2D eigenvalue weighted by Crippen LogP contribution is -1.98. The summed E-state index contributed by atoms with van der Waals surface area (Å²) in [6.07, 6.45) is 2.72. The summed E-state index contributed by atoms with van der Waals surface area (Å²) in [5, 5.41) is 18.6. The average molecular weight is 190 g/mol. The van der Waals surface area contributed by atoms with Gasteiger partial charge in [-0.1, -0.05) is 0 Å². The Balaban J connectivity index is 2.87. The number of nitrogens with zero attached hydrogens (tertiary/aromatic N) is 2. The van der Waals surface area contributed by atoms with Crippen LogP contribution < -0.4 is 0 Å². The summed E-state index contributed by atoms with van der Waals surface area (Å²) in [6.45, 7) is 0. The molecule has 5 heteroatoms. The van der Waals surface area contributed by atoms with Crippen molar-refractivity contribution in [2.75, 3.05) is 0 Å². The van der Waals surface area contributed by atoms with Crippen LogP contribution in [0.5, 0.6) is 5.75 Å². The molecular weight excluding hydrogens is 184 g/mol. The number of aromatic hydroxyl groups is 1. The molecule has 0 amide bonds. The molecule has 14 heavy (non-hydrogen) atoms. The first kappa shape index (κ1) is 8.43. The Hall–Kier alpha value is -2.17. The van der Waals surface area contributed by atoms with E-state index in [2.05, 4.69) is 9.97 Å². The van der Waals surface area contributed by atoms with Crippen molar-refractivity contribution in [2.45, 2.75) is 0 Å². The van der Waals surface area contributed by atoms with Crippen LogP contribution in [0.25, 0.3) is 10.9 Å². The molecule has 2 rings (SSSR count). The van der Waals surface area contributed by atoms with E-state index in [1.54, 1.807) is 0 Å². The van der Waals surface area contributed by atoms with Gasteiger partial charge in [0.2, 0.25) is 0 Å². The van der Waals surface area contributed by atoms with Crippen LogP contribution in [-0.2, 0) is 0 Å². The SMILES string of the molecule is O=C(O)c1cc(O)cc2cncnc12. The molecule has 0 bridgehead atoms. The van der Waals surface area contributed by atoms with E-state index in [0.717, 1.165) is 6.07 Å².